The summed E-state index contributed by atoms with van der Waals surface area (Å²) in [4.78, 5) is 18.9. The topological polar surface area (TPSA) is 66.6 Å². The highest BCUT2D eigenvalue weighted by Gasteiger charge is 2.34. The lowest BCUT2D eigenvalue weighted by Gasteiger charge is -2.36. The third-order valence-corrected chi connectivity index (χ3v) is 6.34. The van der Waals surface area contributed by atoms with E-state index in [4.69, 9.17) is 21.1 Å². The summed E-state index contributed by atoms with van der Waals surface area (Å²) in [5.74, 6) is 1.58. The summed E-state index contributed by atoms with van der Waals surface area (Å²) in [6.45, 7) is 0.570. The van der Waals surface area contributed by atoms with Crippen LogP contribution < -0.4 is 14.8 Å². The summed E-state index contributed by atoms with van der Waals surface area (Å²) in [5, 5.41) is 4.70. The van der Waals surface area contributed by atoms with E-state index in [-0.39, 0.29) is 12.1 Å². The minimum atomic E-state index is -0.280. The lowest BCUT2D eigenvalue weighted by Crippen LogP contribution is -2.43. The molecule has 4 aromatic rings. The number of H-pyrrole nitrogens is 1. The summed E-state index contributed by atoms with van der Waals surface area (Å²) in [6.07, 6.45) is 0.734. The number of methoxy groups -OCH3 is 2. The minimum absolute atomic E-state index is 0.181. The maximum atomic E-state index is 13.4. The predicted molar refractivity (Wildman–Crippen MR) is 131 cm³/mol. The summed E-state index contributed by atoms with van der Waals surface area (Å²) >= 11 is 6.11. The van der Waals surface area contributed by atoms with Crippen LogP contribution in [0.5, 0.6) is 11.5 Å². The van der Waals surface area contributed by atoms with Crippen LogP contribution in [0.15, 0.2) is 66.7 Å². The van der Waals surface area contributed by atoms with Crippen LogP contribution in [-0.2, 0) is 6.42 Å². The number of urea groups is 1. The molecule has 2 heterocycles. The van der Waals surface area contributed by atoms with E-state index in [9.17, 15) is 4.79 Å². The van der Waals surface area contributed by atoms with Crippen molar-refractivity contribution in [1.29, 1.82) is 0 Å². The zero-order valence-corrected chi connectivity index (χ0v) is 19.1. The monoisotopic (exact) mass is 461 g/mol. The maximum absolute atomic E-state index is 13.4. The molecule has 5 rings (SSSR count). The van der Waals surface area contributed by atoms with E-state index in [0.29, 0.717) is 17.3 Å². The van der Waals surface area contributed by atoms with Crippen LogP contribution in [0, 0.1) is 0 Å². The molecule has 0 aliphatic carbocycles. The molecule has 7 heteroatoms. The Morgan fingerprint density at radius 3 is 2.52 bits per heavy atom. The van der Waals surface area contributed by atoms with E-state index in [1.54, 1.807) is 26.4 Å². The van der Waals surface area contributed by atoms with E-state index in [0.717, 1.165) is 40.1 Å². The largest absolute Gasteiger partial charge is 0.497 e. The van der Waals surface area contributed by atoms with Gasteiger partial charge in [-0.3, -0.25) is 0 Å². The van der Waals surface area contributed by atoms with Gasteiger partial charge in [-0.1, -0.05) is 29.8 Å². The average molecular weight is 462 g/mol. The van der Waals surface area contributed by atoms with Crippen LogP contribution in [0.2, 0.25) is 5.02 Å². The third-order valence-electron chi connectivity index (χ3n) is 6.10. The first-order valence-corrected chi connectivity index (χ1v) is 11.1. The number of nitrogens with zero attached hydrogens (tertiary/aromatic N) is 1. The van der Waals surface area contributed by atoms with Gasteiger partial charge in [-0.2, -0.15) is 0 Å². The SMILES string of the molecule is COc1ccc([C@H]2c3[nH]c4ccc(OC)cc4c3CCN2C(=O)Nc2cccc(Cl)c2)cc1. The van der Waals surface area contributed by atoms with Crippen LogP contribution in [0.1, 0.15) is 22.9 Å². The number of aromatic nitrogens is 1. The Morgan fingerprint density at radius 2 is 1.79 bits per heavy atom. The van der Waals surface area contributed by atoms with E-state index >= 15 is 0 Å². The van der Waals surface area contributed by atoms with Gasteiger partial charge in [-0.15, -0.1) is 0 Å². The second kappa shape index (κ2) is 8.71. The molecule has 6 nitrogen and oxygen atoms in total. The number of hydrogen-bond acceptors (Lipinski definition) is 3. The Bertz CT molecular complexity index is 1320. The zero-order valence-electron chi connectivity index (χ0n) is 18.4. The lowest BCUT2D eigenvalue weighted by molar-refractivity contribution is 0.193. The number of hydrogen-bond donors (Lipinski definition) is 2. The van der Waals surface area contributed by atoms with Gasteiger partial charge in [0.15, 0.2) is 0 Å². The van der Waals surface area contributed by atoms with Crippen molar-refractivity contribution in [3.63, 3.8) is 0 Å². The molecule has 0 unspecified atom stereocenters. The molecule has 1 aliphatic heterocycles. The maximum Gasteiger partial charge on any atom is 0.322 e. The molecule has 0 radical (unpaired) electrons. The van der Waals surface area contributed by atoms with Crippen molar-refractivity contribution >= 4 is 34.2 Å². The van der Waals surface area contributed by atoms with Crippen molar-refractivity contribution in [2.24, 2.45) is 0 Å². The Hall–Kier alpha value is -3.64. The molecule has 0 bridgehead atoms. The van der Waals surface area contributed by atoms with Gasteiger partial charge in [0.1, 0.15) is 11.5 Å². The molecule has 0 saturated carbocycles. The van der Waals surface area contributed by atoms with Crippen LogP contribution in [0.4, 0.5) is 10.5 Å². The summed E-state index contributed by atoms with van der Waals surface area (Å²) in [7, 11) is 3.31. The number of fused-ring (bicyclic) bond motifs is 3. The van der Waals surface area contributed by atoms with Crippen molar-refractivity contribution in [3.8, 4) is 11.5 Å². The molecule has 1 aromatic heterocycles. The molecular weight excluding hydrogens is 438 g/mol. The van der Waals surface area contributed by atoms with Gasteiger partial charge in [0.25, 0.3) is 0 Å². The van der Waals surface area contributed by atoms with Crippen molar-refractivity contribution in [1.82, 2.24) is 9.88 Å². The van der Waals surface area contributed by atoms with Gasteiger partial charge >= 0.3 is 6.03 Å². The van der Waals surface area contributed by atoms with Gasteiger partial charge < -0.3 is 24.7 Å². The van der Waals surface area contributed by atoms with Crippen LogP contribution >= 0.6 is 11.6 Å². The number of anilines is 1. The molecule has 168 valence electrons. The first-order chi connectivity index (χ1) is 16.1. The number of carbonyl (C=O) groups is 1. The normalized spacial score (nSPS) is 15.2. The Balaban J connectivity index is 1.58. The van der Waals surface area contributed by atoms with Crippen LogP contribution in [0.25, 0.3) is 10.9 Å². The number of benzene rings is 3. The minimum Gasteiger partial charge on any atom is -0.497 e. The fourth-order valence-corrected chi connectivity index (χ4v) is 4.70. The Labute approximate surface area is 197 Å². The van der Waals surface area contributed by atoms with Crippen LogP contribution in [-0.4, -0.2) is 36.7 Å². The molecule has 33 heavy (non-hydrogen) atoms. The van der Waals surface area contributed by atoms with E-state index < -0.39 is 0 Å². The fourth-order valence-electron chi connectivity index (χ4n) is 4.51. The first kappa shape index (κ1) is 21.2. The summed E-state index contributed by atoms with van der Waals surface area (Å²) in [6, 6.07) is 20.6. The molecular formula is C26H24ClN3O3. The number of rotatable bonds is 4. The van der Waals surface area contributed by atoms with Crippen molar-refractivity contribution in [2.75, 3.05) is 26.1 Å². The average Bonchev–Trinajstić information content (AvgIpc) is 3.21. The quantitative estimate of drug-likeness (QED) is 0.390. The van der Waals surface area contributed by atoms with Gasteiger partial charge in [0.05, 0.1) is 20.3 Å². The van der Waals surface area contributed by atoms with Gasteiger partial charge in [-0.25, -0.2) is 4.79 Å². The molecule has 2 N–H and O–H groups in total. The molecule has 3 aromatic carbocycles. The molecule has 1 aliphatic rings. The van der Waals surface area contributed by atoms with Crippen molar-refractivity contribution in [3.05, 3.63) is 88.6 Å². The standard InChI is InChI=1S/C26H24ClN3O3/c1-32-19-8-6-16(7-9-19)25-24-21(22-15-20(33-2)10-11-23(22)29-24)12-13-30(25)26(31)28-18-5-3-4-17(27)14-18/h3-11,14-15,25,29H,12-13H2,1-2H3,(H,28,31)/t25-/m0/s1. The highest BCUT2D eigenvalue weighted by Crippen LogP contribution is 2.40. The van der Waals surface area contributed by atoms with Crippen molar-refractivity contribution < 1.29 is 14.3 Å². The lowest BCUT2D eigenvalue weighted by atomic mass is 9.92. The van der Waals surface area contributed by atoms with Gasteiger partial charge in [-0.05, 0) is 66.1 Å². The molecule has 0 fully saturated rings. The van der Waals surface area contributed by atoms with Gasteiger partial charge in [0.2, 0.25) is 0 Å². The molecule has 2 amide bonds. The predicted octanol–water partition coefficient (Wildman–Crippen LogP) is 6.02. The second-order valence-electron chi connectivity index (χ2n) is 7.99. The summed E-state index contributed by atoms with van der Waals surface area (Å²) < 4.78 is 10.8. The van der Waals surface area contributed by atoms with Crippen LogP contribution in [0.3, 0.4) is 0 Å². The molecule has 0 saturated heterocycles. The van der Waals surface area contributed by atoms with E-state index in [1.165, 1.54) is 5.56 Å². The molecule has 1 atom stereocenters. The third kappa shape index (κ3) is 3.98. The number of aromatic amines is 1. The fraction of sp³-hybridized carbons (Fsp3) is 0.192. The zero-order chi connectivity index (χ0) is 22.9. The highest BCUT2D eigenvalue weighted by atomic mass is 35.5. The smallest absolute Gasteiger partial charge is 0.322 e. The second-order valence-corrected chi connectivity index (χ2v) is 8.42. The van der Waals surface area contributed by atoms with Gasteiger partial charge in [0, 0.05) is 33.9 Å². The van der Waals surface area contributed by atoms with E-state index in [1.807, 2.05) is 53.4 Å². The first-order valence-electron chi connectivity index (χ1n) is 10.7. The molecule has 0 spiro atoms. The number of nitrogens with one attached hydrogen (secondary N) is 2. The number of ether oxygens (including phenoxy) is 2. The number of carbonyl (C=O) groups excluding carboxylic acids is 1. The Kier molecular flexibility index (Phi) is 5.60. The highest BCUT2D eigenvalue weighted by molar-refractivity contribution is 6.30. The Morgan fingerprint density at radius 1 is 1.03 bits per heavy atom. The number of halogens is 1. The van der Waals surface area contributed by atoms with E-state index in [2.05, 4.69) is 16.4 Å². The van der Waals surface area contributed by atoms with Crippen molar-refractivity contribution in [2.45, 2.75) is 12.5 Å². The number of amides is 2. The summed E-state index contributed by atoms with van der Waals surface area (Å²) in [5.41, 5.74) is 4.90.